The number of para-hydroxylation sites is 1. The number of furan rings is 1. The lowest BCUT2D eigenvalue weighted by atomic mass is 10.2. The Labute approximate surface area is 240 Å². The number of hydrogen-bond donors (Lipinski definition) is 0. The van der Waals surface area contributed by atoms with Gasteiger partial charge in [-0.1, -0.05) is 30.3 Å². The van der Waals surface area contributed by atoms with Crippen LogP contribution >= 0.6 is 0 Å². The average Bonchev–Trinajstić information content (AvgIpc) is 3.44. The van der Waals surface area contributed by atoms with E-state index in [1.165, 1.54) is 16.8 Å². The Kier molecular flexibility index (Phi) is 7.14. The predicted molar refractivity (Wildman–Crippen MR) is 162 cm³/mol. The van der Waals surface area contributed by atoms with Gasteiger partial charge in [0.25, 0.3) is 5.56 Å². The standard InChI is InChI=1S/C33H27FN4O4/c1-37(2)24-15-14-22(30(17-24)41-20-21-8-6-9-23(34)16-21)19-35-38-32(36-27-11-5-4-10-25(27)33(38)39)31-18-26-28(40-3)12-7-13-29(26)42-31/h4-19H,20H2,1-3H3. The Morgan fingerprint density at radius 2 is 1.79 bits per heavy atom. The molecule has 2 heterocycles. The van der Waals surface area contributed by atoms with E-state index in [2.05, 4.69) is 5.10 Å². The third kappa shape index (κ3) is 5.19. The number of nitrogens with zero attached hydrogens (tertiary/aromatic N) is 4. The van der Waals surface area contributed by atoms with E-state index in [1.54, 1.807) is 49.7 Å². The molecule has 0 fully saturated rings. The summed E-state index contributed by atoms with van der Waals surface area (Å²) in [6, 6.07) is 26.3. The molecular formula is C33H27FN4O4. The number of benzene rings is 4. The molecule has 6 aromatic rings. The maximum absolute atomic E-state index is 13.8. The van der Waals surface area contributed by atoms with Gasteiger partial charge in [-0.05, 0) is 60.2 Å². The lowest BCUT2D eigenvalue weighted by Crippen LogP contribution is -2.20. The van der Waals surface area contributed by atoms with Crippen LogP contribution in [-0.4, -0.2) is 37.1 Å². The fraction of sp³-hybridized carbons (Fsp3) is 0.121. The molecular weight excluding hydrogens is 535 g/mol. The zero-order valence-corrected chi connectivity index (χ0v) is 23.2. The highest BCUT2D eigenvalue weighted by atomic mass is 19.1. The van der Waals surface area contributed by atoms with Crippen molar-refractivity contribution >= 4 is 33.8 Å². The van der Waals surface area contributed by atoms with Crippen LogP contribution in [0, 0.1) is 5.82 Å². The van der Waals surface area contributed by atoms with Crippen molar-refractivity contribution in [1.82, 2.24) is 9.66 Å². The molecule has 0 aliphatic heterocycles. The van der Waals surface area contributed by atoms with Gasteiger partial charge in [-0.3, -0.25) is 4.79 Å². The topological polar surface area (TPSA) is 82.1 Å². The zero-order valence-electron chi connectivity index (χ0n) is 23.2. The molecule has 0 atom stereocenters. The van der Waals surface area contributed by atoms with Gasteiger partial charge in [0, 0.05) is 31.4 Å². The molecule has 0 spiro atoms. The van der Waals surface area contributed by atoms with Crippen LogP contribution in [0.5, 0.6) is 11.5 Å². The van der Waals surface area contributed by atoms with E-state index in [-0.39, 0.29) is 23.8 Å². The maximum atomic E-state index is 13.8. The van der Waals surface area contributed by atoms with Gasteiger partial charge in [0.2, 0.25) is 5.82 Å². The first-order chi connectivity index (χ1) is 20.4. The Bertz CT molecular complexity index is 2010. The molecule has 0 radical (unpaired) electrons. The van der Waals surface area contributed by atoms with Crippen LogP contribution in [0.3, 0.4) is 0 Å². The van der Waals surface area contributed by atoms with Gasteiger partial charge in [0.15, 0.2) is 5.76 Å². The molecule has 42 heavy (non-hydrogen) atoms. The molecule has 4 aromatic carbocycles. The largest absolute Gasteiger partial charge is 0.496 e. The molecule has 0 aliphatic carbocycles. The summed E-state index contributed by atoms with van der Waals surface area (Å²) in [6.45, 7) is 0.152. The fourth-order valence-electron chi connectivity index (χ4n) is 4.65. The quantitative estimate of drug-likeness (QED) is 0.197. The Hall–Kier alpha value is -5.44. The van der Waals surface area contributed by atoms with Gasteiger partial charge in [-0.2, -0.15) is 9.78 Å². The number of anilines is 1. The minimum Gasteiger partial charge on any atom is -0.496 e. The summed E-state index contributed by atoms with van der Waals surface area (Å²) in [7, 11) is 5.44. The normalized spacial score (nSPS) is 11.4. The van der Waals surface area contributed by atoms with Crippen LogP contribution in [0.15, 0.2) is 105 Å². The average molecular weight is 563 g/mol. The number of fused-ring (bicyclic) bond motifs is 2. The number of rotatable bonds is 8. The molecule has 6 rings (SSSR count). The second-order valence-electron chi connectivity index (χ2n) is 9.83. The first-order valence-electron chi connectivity index (χ1n) is 13.2. The van der Waals surface area contributed by atoms with Crippen molar-refractivity contribution < 1.29 is 18.3 Å². The fourth-order valence-corrected chi connectivity index (χ4v) is 4.65. The minimum absolute atomic E-state index is 0.152. The van der Waals surface area contributed by atoms with Crippen LogP contribution in [-0.2, 0) is 6.61 Å². The molecule has 9 heteroatoms. The van der Waals surface area contributed by atoms with E-state index in [4.69, 9.17) is 18.9 Å². The Balaban J connectivity index is 1.46. The summed E-state index contributed by atoms with van der Waals surface area (Å²) in [5, 5.41) is 5.76. The molecule has 2 aromatic heterocycles. The van der Waals surface area contributed by atoms with E-state index in [9.17, 15) is 9.18 Å². The summed E-state index contributed by atoms with van der Waals surface area (Å²) in [5.74, 6) is 1.42. The van der Waals surface area contributed by atoms with Gasteiger partial charge >= 0.3 is 0 Å². The van der Waals surface area contributed by atoms with Gasteiger partial charge in [-0.25, -0.2) is 9.37 Å². The van der Waals surface area contributed by atoms with E-state index >= 15 is 0 Å². The number of halogens is 1. The smallest absolute Gasteiger partial charge is 0.282 e. The first kappa shape index (κ1) is 26.8. The SMILES string of the molecule is COc1cccc2oc(-c3nc4ccccc4c(=O)n3N=Cc3ccc(N(C)C)cc3OCc3cccc(F)c3)cc12. The van der Waals surface area contributed by atoms with Crippen molar-refractivity contribution in [3.05, 3.63) is 118 Å². The van der Waals surface area contributed by atoms with Crippen molar-refractivity contribution in [2.45, 2.75) is 6.61 Å². The van der Waals surface area contributed by atoms with Crippen LogP contribution in [0.1, 0.15) is 11.1 Å². The van der Waals surface area contributed by atoms with Crippen LogP contribution in [0.25, 0.3) is 33.5 Å². The molecule has 0 amide bonds. The molecule has 8 nitrogen and oxygen atoms in total. The number of aromatic nitrogens is 2. The third-order valence-corrected chi connectivity index (χ3v) is 6.82. The molecule has 0 saturated heterocycles. The van der Waals surface area contributed by atoms with E-state index in [1.807, 2.05) is 61.5 Å². The van der Waals surface area contributed by atoms with E-state index in [0.29, 0.717) is 44.9 Å². The van der Waals surface area contributed by atoms with Gasteiger partial charge in [0.05, 0.1) is 29.6 Å². The van der Waals surface area contributed by atoms with Crippen LogP contribution < -0.4 is 19.9 Å². The Morgan fingerprint density at radius 3 is 2.60 bits per heavy atom. The van der Waals surface area contributed by atoms with Crippen LogP contribution in [0.4, 0.5) is 10.1 Å². The van der Waals surface area contributed by atoms with E-state index in [0.717, 1.165) is 11.1 Å². The lowest BCUT2D eigenvalue weighted by molar-refractivity contribution is 0.305. The van der Waals surface area contributed by atoms with Gasteiger partial charge in [-0.15, -0.1) is 0 Å². The minimum atomic E-state index is -0.355. The summed E-state index contributed by atoms with van der Waals surface area (Å²) in [5.41, 5.74) is 2.97. The number of ether oxygens (including phenoxy) is 2. The highest BCUT2D eigenvalue weighted by molar-refractivity contribution is 5.89. The van der Waals surface area contributed by atoms with Crippen molar-refractivity contribution in [2.24, 2.45) is 5.10 Å². The van der Waals surface area contributed by atoms with Crippen molar-refractivity contribution in [3.8, 4) is 23.1 Å². The van der Waals surface area contributed by atoms with Crippen LogP contribution in [0.2, 0.25) is 0 Å². The number of hydrogen-bond acceptors (Lipinski definition) is 7. The first-order valence-corrected chi connectivity index (χ1v) is 13.2. The summed E-state index contributed by atoms with van der Waals surface area (Å²) in [6.07, 6.45) is 1.55. The molecule has 0 bridgehead atoms. The number of methoxy groups -OCH3 is 1. The second kappa shape index (κ2) is 11.2. The summed E-state index contributed by atoms with van der Waals surface area (Å²) in [4.78, 5) is 20.4. The van der Waals surface area contributed by atoms with Gasteiger partial charge in [0.1, 0.15) is 29.5 Å². The summed E-state index contributed by atoms with van der Waals surface area (Å²) < 4.78 is 32.7. The van der Waals surface area contributed by atoms with Crippen molar-refractivity contribution in [3.63, 3.8) is 0 Å². The molecule has 210 valence electrons. The third-order valence-electron chi connectivity index (χ3n) is 6.82. The molecule has 0 aliphatic rings. The summed E-state index contributed by atoms with van der Waals surface area (Å²) >= 11 is 0. The highest BCUT2D eigenvalue weighted by Crippen LogP contribution is 2.33. The monoisotopic (exact) mass is 562 g/mol. The lowest BCUT2D eigenvalue weighted by Gasteiger charge is -2.16. The molecule has 0 unspecified atom stereocenters. The maximum Gasteiger partial charge on any atom is 0.282 e. The highest BCUT2D eigenvalue weighted by Gasteiger charge is 2.18. The van der Waals surface area contributed by atoms with Crippen molar-refractivity contribution in [2.75, 3.05) is 26.1 Å². The van der Waals surface area contributed by atoms with Gasteiger partial charge < -0.3 is 18.8 Å². The molecule has 0 saturated carbocycles. The van der Waals surface area contributed by atoms with Crippen molar-refractivity contribution in [1.29, 1.82) is 0 Å². The van der Waals surface area contributed by atoms with E-state index < -0.39 is 0 Å². The predicted octanol–water partition coefficient (Wildman–Crippen LogP) is 6.48. The molecule has 0 N–H and O–H groups in total. The second-order valence-corrected chi connectivity index (χ2v) is 9.83. The Morgan fingerprint density at radius 1 is 0.952 bits per heavy atom. The zero-order chi connectivity index (χ0) is 29.2.